The van der Waals surface area contributed by atoms with E-state index in [2.05, 4.69) is 15.9 Å². The van der Waals surface area contributed by atoms with Crippen LogP contribution in [0.15, 0.2) is 76.1 Å². The minimum atomic E-state index is -0.454. The molecule has 0 unspecified atom stereocenters. The number of carbonyl (C=O) groups excluding carboxylic acids is 2. The summed E-state index contributed by atoms with van der Waals surface area (Å²) in [6, 6.07) is 19.7. The van der Waals surface area contributed by atoms with Crippen LogP contribution in [0.5, 0.6) is 11.5 Å². The molecule has 0 bridgehead atoms. The van der Waals surface area contributed by atoms with E-state index in [9.17, 15) is 19.7 Å². The lowest BCUT2D eigenvalue weighted by Crippen LogP contribution is -2.29. The molecule has 8 nitrogen and oxygen atoms in total. The molecule has 3 aromatic rings. The summed E-state index contributed by atoms with van der Waals surface area (Å²) in [6.07, 6.45) is 3.13. The summed E-state index contributed by atoms with van der Waals surface area (Å²) in [5.41, 5.74) is 2.45. The predicted octanol–water partition coefficient (Wildman–Crippen LogP) is 7.00. The predicted molar refractivity (Wildman–Crippen MR) is 150 cm³/mol. The number of benzene rings is 3. The van der Waals surface area contributed by atoms with Crippen LogP contribution >= 0.6 is 27.7 Å². The van der Waals surface area contributed by atoms with Crippen LogP contribution in [0.2, 0.25) is 0 Å². The normalized spacial score (nSPS) is 14.3. The molecule has 1 heterocycles. The average Bonchev–Trinajstić information content (AvgIpc) is 3.16. The van der Waals surface area contributed by atoms with E-state index in [0.29, 0.717) is 51.6 Å². The molecule has 1 fully saturated rings. The number of thioether (sulfide) groups is 1. The number of aryl methyl sites for hydroxylation is 1. The van der Waals surface area contributed by atoms with Crippen molar-refractivity contribution in [2.45, 2.75) is 26.4 Å². The number of hydrogen-bond donors (Lipinski definition) is 0. The minimum absolute atomic E-state index is 0.0143. The van der Waals surface area contributed by atoms with Gasteiger partial charge >= 0.3 is 0 Å². The van der Waals surface area contributed by atoms with Crippen LogP contribution in [-0.4, -0.2) is 34.1 Å². The summed E-state index contributed by atoms with van der Waals surface area (Å²) < 4.78 is 12.3. The first-order valence-corrected chi connectivity index (χ1v) is 13.6. The van der Waals surface area contributed by atoms with Gasteiger partial charge in [-0.2, -0.15) is 0 Å². The van der Waals surface area contributed by atoms with Gasteiger partial charge in [0.2, 0.25) is 0 Å². The third kappa shape index (κ3) is 6.81. The molecule has 0 saturated carbocycles. The summed E-state index contributed by atoms with van der Waals surface area (Å²) in [4.78, 5) is 37.7. The molecule has 0 aromatic heterocycles. The fourth-order valence-electron chi connectivity index (χ4n) is 3.92. The van der Waals surface area contributed by atoms with Crippen LogP contribution in [0.3, 0.4) is 0 Å². The highest BCUT2D eigenvalue weighted by atomic mass is 79.9. The first kappa shape index (κ1) is 27.4. The molecular formula is C28H25BrN2O6S. The highest BCUT2D eigenvalue weighted by Gasteiger charge is 2.34. The molecule has 38 heavy (non-hydrogen) atoms. The molecular weight excluding hydrogens is 572 g/mol. The Morgan fingerprint density at radius 2 is 1.79 bits per heavy atom. The van der Waals surface area contributed by atoms with Crippen LogP contribution in [0.4, 0.5) is 10.5 Å². The van der Waals surface area contributed by atoms with E-state index in [0.717, 1.165) is 23.7 Å². The number of nitro groups is 1. The molecule has 0 aliphatic carbocycles. The second-order valence-corrected chi connectivity index (χ2v) is 10.2. The van der Waals surface area contributed by atoms with Gasteiger partial charge in [0.1, 0.15) is 6.61 Å². The van der Waals surface area contributed by atoms with Gasteiger partial charge in [0, 0.05) is 18.7 Å². The maximum absolute atomic E-state index is 13.0. The van der Waals surface area contributed by atoms with Gasteiger partial charge in [0.15, 0.2) is 11.5 Å². The van der Waals surface area contributed by atoms with Crippen molar-refractivity contribution in [2.75, 3.05) is 13.2 Å². The molecule has 0 atom stereocenters. The largest absolute Gasteiger partial charge is 0.490 e. The summed E-state index contributed by atoms with van der Waals surface area (Å²) in [5.74, 6) is 0.568. The van der Waals surface area contributed by atoms with Crippen molar-refractivity contribution in [3.05, 3.63) is 103 Å². The van der Waals surface area contributed by atoms with Crippen LogP contribution < -0.4 is 9.47 Å². The number of non-ortho nitro benzene ring substituents is 1. The molecule has 0 N–H and O–H groups in total. The first-order valence-electron chi connectivity index (χ1n) is 12.0. The topological polar surface area (TPSA) is 99.0 Å². The average molecular weight is 597 g/mol. The molecule has 0 radical (unpaired) electrons. The second-order valence-electron chi connectivity index (χ2n) is 8.40. The van der Waals surface area contributed by atoms with Crippen molar-refractivity contribution in [3.63, 3.8) is 0 Å². The number of rotatable bonds is 11. The number of hydrogen-bond acceptors (Lipinski definition) is 7. The lowest BCUT2D eigenvalue weighted by atomic mass is 10.1. The zero-order valence-electron chi connectivity index (χ0n) is 20.6. The smallest absolute Gasteiger partial charge is 0.293 e. The van der Waals surface area contributed by atoms with Gasteiger partial charge in [-0.1, -0.05) is 42.5 Å². The number of imide groups is 1. The summed E-state index contributed by atoms with van der Waals surface area (Å²) in [6.45, 7) is 2.67. The van der Waals surface area contributed by atoms with Crippen LogP contribution in [-0.2, 0) is 17.8 Å². The van der Waals surface area contributed by atoms with Gasteiger partial charge in [0.25, 0.3) is 16.8 Å². The van der Waals surface area contributed by atoms with Gasteiger partial charge in [-0.15, -0.1) is 0 Å². The maximum Gasteiger partial charge on any atom is 0.293 e. The van der Waals surface area contributed by atoms with Crippen LogP contribution in [0.1, 0.15) is 30.0 Å². The minimum Gasteiger partial charge on any atom is -0.490 e. The number of amides is 2. The van der Waals surface area contributed by atoms with E-state index in [-0.39, 0.29) is 23.4 Å². The van der Waals surface area contributed by atoms with Crippen molar-refractivity contribution in [1.82, 2.24) is 4.90 Å². The standard InChI is InChI=1S/C28H25BrN2O6S/c1-2-36-24-16-21(15-23(29)26(24)37-18-20-10-6-12-22(14-20)31(34)35)17-25-27(32)30(28(33)38-25)13-7-11-19-8-4-3-5-9-19/h3-6,8-10,12,14-17H,2,7,11,13,18H2,1H3/b25-17+. The van der Waals surface area contributed by atoms with E-state index < -0.39 is 4.92 Å². The lowest BCUT2D eigenvalue weighted by molar-refractivity contribution is -0.384. The summed E-state index contributed by atoms with van der Waals surface area (Å²) in [7, 11) is 0. The Labute approximate surface area is 232 Å². The summed E-state index contributed by atoms with van der Waals surface area (Å²) in [5, 5.41) is 10.8. The Bertz CT molecular complexity index is 1380. The van der Waals surface area contributed by atoms with E-state index in [1.54, 1.807) is 30.3 Å². The van der Waals surface area contributed by atoms with Crippen molar-refractivity contribution in [1.29, 1.82) is 0 Å². The second kappa shape index (κ2) is 12.7. The molecule has 196 valence electrons. The van der Waals surface area contributed by atoms with Gasteiger partial charge in [0.05, 0.1) is 20.9 Å². The first-order chi connectivity index (χ1) is 18.4. The molecule has 2 amide bonds. The van der Waals surface area contributed by atoms with Crippen molar-refractivity contribution >= 4 is 50.6 Å². The van der Waals surface area contributed by atoms with Crippen molar-refractivity contribution in [3.8, 4) is 11.5 Å². The monoisotopic (exact) mass is 596 g/mol. The highest BCUT2D eigenvalue weighted by molar-refractivity contribution is 9.10. The maximum atomic E-state index is 13.0. The van der Waals surface area contributed by atoms with E-state index in [1.807, 2.05) is 37.3 Å². The zero-order chi connectivity index (χ0) is 27.1. The van der Waals surface area contributed by atoms with E-state index in [1.165, 1.54) is 17.0 Å². The van der Waals surface area contributed by atoms with Gasteiger partial charge in [-0.05, 0) is 82.4 Å². The van der Waals surface area contributed by atoms with Crippen molar-refractivity contribution in [2.24, 2.45) is 0 Å². The molecule has 3 aromatic carbocycles. The van der Waals surface area contributed by atoms with Crippen LogP contribution in [0, 0.1) is 10.1 Å². The molecule has 10 heteroatoms. The SMILES string of the molecule is CCOc1cc(/C=C2/SC(=O)N(CCCc3ccccc3)C2=O)cc(Br)c1OCc1cccc([N+](=O)[O-])c1. The number of ether oxygens (including phenoxy) is 2. The van der Waals surface area contributed by atoms with Crippen molar-refractivity contribution < 1.29 is 24.0 Å². The Morgan fingerprint density at radius 1 is 1.03 bits per heavy atom. The Hall–Kier alpha value is -3.63. The third-order valence-corrected chi connectivity index (χ3v) is 7.19. The molecule has 1 aliphatic rings. The Balaban J connectivity index is 1.47. The van der Waals surface area contributed by atoms with Crippen LogP contribution in [0.25, 0.3) is 6.08 Å². The molecule has 4 rings (SSSR count). The Kier molecular flexibility index (Phi) is 9.19. The van der Waals surface area contributed by atoms with E-state index >= 15 is 0 Å². The lowest BCUT2D eigenvalue weighted by Gasteiger charge is -2.15. The molecule has 1 aliphatic heterocycles. The number of nitro benzene ring substituents is 1. The van der Waals surface area contributed by atoms with Gasteiger partial charge in [-0.3, -0.25) is 24.6 Å². The fourth-order valence-corrected chi connectivity index (χ4v) is 5.36. The fraction of sp³-hybridized carbons (Fsp3) is 0.214. The summed E-state index contributed by atoms with van der Waals surface area (Å²) >= 11 is 4.43. The third-order valence-electron chi connectivity index (χ3n) is 5.70. The number of carbonyl (C=O) groups is 2. The quantitative estimate of drug-likeness (QED) is 0.133. The zero-order valence-corrected chi connectivity index (χ0v) is 23.0. The van der Waals surface area contributed by atoms with Gasteiger partial charge < -0.3 is 9.47 Å². The van der Waals surface area contributed by atoms with Gasteiger partial charge in [-0.25, -0.2) is 0 Å². The molecule has 0 spiro atoms. The molecule has 1 saturated heterocycles. The number of halogens is 1. The Morgan fingerprint density at radius 3 is 2.53 bits per heavy atom. The van der Waals surface area contributed by atoms with E-state index in [4.69, 9.17) is 9.47 Å². The number of nitrogens with zero attached hydrogens (tertiary/aromatic N) is 2. The highest BCUT2D eigenvalue weighted by Crippen LogP contribution is 2.40.